The van der Waals surface area contributed by atoms with Gasteiger partial charge in [0.05, 0.1) is 22.5 Å². The van der Waals surface area contributed by atoms with E-state index in [2.05, 4.69) is 34.0 Å². The number of hydrogen-bond acceptors (Lipinski definition) is 7. The summed E-state index contributed by atoms with van der Waals surface area (Å²) in [4.78, 5) is 17.0. The van der Waals surface area contributed by atoms with Gasteiger partial charge in [-0.3, -0.25) is 4.79 Å². The first-order valence-corrected chi connectivity index (χ1v) is 15.4. The van der Waals surface area contributed by atoms with Crippen molar-refractivity contribution in [2.45, 2.75) is 62.6 Å². The Bertz CT molecular complexity index is 1590. The summed E-state index contributed by atoms with van der Waals surface area (Å²) in [6.07, 6.45) is -1.12. The quantitative estimate of drug-likeness (QED) is 0.302. The average molecular weight is 626 g/mol. The molecule has 2 atom stereocenters. The number of halogens is 4. The first-order chi connectivity index (χ1) is 19.7. The van der Waals surface area contributed by atoms with Crippen LogP contribution in [0, 0.1) is 11.3 Å². The number of carbonyl (C=O) groups is 1. The number of ether oxygens (including phenoxy) is 1. The fourth-order valence-electron chi connectivity index (χ4n) is 5.39. The maximum absolute atomic E-state index is 13.1. The van der Waals surface area contributed by atoms with Gasteiger partial charge in [0.1, 0.15) is 5.15 Å². The van der Waals surface area contributed by atoms with Crippen LogP contribution >= 0.6 is 11.6 Å². The lowest BCUT2D eigenvalue weighted by molar-refractivity contribution is -0.190. The van der Waals surface area contributed by atoms with Crippen molar-refractivity contribution in [1.29, 1.82) is 0 Å². The molecule has 2 aliphatic rings. The maximum atomic E-state index is 13.1. The largest absolute Gasteiger partial charge is 0.477 e. The highest BCUT2D eigenvalue weighted by Gasteiger charge is 2.62. The van der Waals surface area contributed by atoms with E-state index in [4.69, 9.17) is 16.3 Å². The van der Waals surface area contributed by atoms with Gasteiger partial charge in [0.25, 0.3) is 15.9 Å². The number of hydrogen-bond donors (Lipinski definition) is 2. The highest BCUT2D eigenvalue weighted by Crippen LogP contribution is 2.59. The molecular formula is C28H31ClF3N5O4S. The molecule has 1 aliphatic carbocycles. The van der Waals surface area contributed by atoms with E-state index < -0.39 is 27.5 Å². The van der Waals surface area contributed by atoms with E-state index >= 15 is 0 Å². The van der Waals surface area contributed by atoms with Gasteiger partial charge in [-0.2, -0.15) is 13.2 Å². The van der Waals surface area contributed by atoms with Gasteiger partial charge in [0.15, 0.2) is 5.82 Å². The third-order valence-corrected chi connectivity index (χ3v) is 9.49. The smallest absolute Gasteiger partial charge is 0.394 e. The molecular weight excluding hydrogens is 595 g/mol. The molecule has 5 rings (SSSR count). The Balaban J connectivity index is 1.22. The molecule has 1 saturated heterocycles. The number of pyridine rings is 1. The summed E-state index contributed by atoms with van der Waals surface area (Å²) in [7, 11) is -4.21. The second-order valence-electron chi connectivity index (χ2n) is 11.5. The molecule has 3 heterocycles. The molecule has 1 aromatic carbocycles. The number of nitrogens with one attached hydrogen (secondary N) is 2. The number of benzene rings is 1. The van der Waals surface area contributed by atoms with Gasteiger partial charge in [-0.15, -0.1) is 5.10 Å². The number of rotatable bonds is 10. The van der Waals surface area contributed by atoms with Crippen molar-refractivity contribution in [3.05, 3.63) is 64.9 Å². The minimum absolute atomic E-state index is 0.0457. The Morgan fingerprint density at radius 2 is 2.00 bits per heavy atom. The van der Waals surface area contributed by atoms with Crippen LogP contribution in [0.25, 0.3) is 5.82 Å². The van der Waals surface area contributed by atoms with Gasteiger partial charge >= 0.3 is 6.18 Å². The lowest BCUT2D eigenvalue weighted by Crippen LogP contribution is -2.38. The van der Waals surface area contributed by atoms with Crippen molar-refractivity contribution in [2.75, 3.05) is 13.2 Å². The molecule has 3 aromatic rings. The van der Waals surface area contributed by atoms with E-state index in [0.717, 1.165) is 18.5 Å². The number of sulfonamides is 1. The molecule has 1 aliphatic heterocycles. The minimum Gasteiger partial charge on any atom is -0.477 e. The zero-order valence-corrected chi connectivity index (χ0v) is 24.6. The Kier molecular flexibility index (Phi) is 8.05. The topological polar surface area (TPSA) is 115 Å². The fraction of sp³-hybridized carbons (Fsp3) is 0.464. The van der Waals surface area contributed by atoms with E-state index in [1.54, 1.807) is 12.1 Å². The van der Waals surface area contributed by atoms with Crippen LogP contribution in [0.2, 0.25) is 5.15 Å². The van der Waals surface area contributed by atoms with Crippen LogP contribution in [-0.4, -0.2) is 54.0 Å². The zero-order valence-electron chi connectivity index (χ0n) is 23.0. The van der Waals surface area contributed by atoms with Crippen molar-refractivity contribution in [2.24, 2.45) is 11.3 Å². The summed E-state index contributed by atoms with van der Waals surface area (Å²) in [5.74, 6) is -0.125. The van der Waals surface area contributed by atoms with Crippen molar-refractivity contribution in [3.63, 3.8) is 0 Å². The molecule has 42 heavy (non-hydrogen) atoms. The number of nitrogens with zero attached hydrogens (tertiary/aromatic N) is 3. The molecule has 2 aromatic heterocycles. The van der Waals surface area contributed by atoms with Gasteiger partial charge in [-0.05, 0) is 81.3 Å². The Hall–Kier alpha value is -3.16. The maximum Gasteiger partial charge on any atom is 0.394 e. The summed E-state index contributed by atoms with van der Waals surface area (Å²) in [5.41, 5.74) is -1.14. The second-order valence-corrected chi connectivity index (χ2v) is 13.5. The summed E-state index contributed by atoms with van der Waals surface area (Å²) < 4.78 is 74.1. The van der Waals surface area contributed by atoms with Crippen LogP contribution in [0.5, 0.6) is 5.88 Å². The van der Waals surface area contributed by atoms with Crippen molar-refractivity contribution >= 4 is 27.5 Å². The second kappa shape index (κ2) is 11.2. The third-order valence-electron chi connectivity index (χ3n) is 7.87. The lowest BCUT2D eigenvalue weighted by atomic mass is 9.89. The van der Waals surface area contributed by atoms with Crippen LogP contribution in [-0.2, 0) is 16.4 Å². The van der Waals surface area contributed by atoms with Gasteiger partial charge in [-0.25, -0.2) is 22.8 Å². The van der Waals surface area contributed by atoms with Gasteiger partial charge in [0.2, 0.25) is 5.88 Å². The molecule has 0 radical (unpaired) electrons. The number of amides is 1. The molecule has 2 fully saturated rings. The van der Waals surface area contributed by atoms with Crippen LogP contribution in [0.1, 0.15) is 55.5 Å². The van der Waals surface area contributed by atoms with E-state index in [-0.39, 0.29) is 58.7 Å². The van der Waals surface area contributed by atoms with Crippen LogP contribution < -0.4 is 14.8 Å². The highest BCUT2D eigenvalue weighted by atomic mass is 35.5. The van der Waals surface area contributed by atoms with E-state index in [1.807, 2.05) is 6.07 Å². The molecule has 0 bridgehead atoms. The average Bonchev–Trinajstić information content (AvgIpc) is 3.44. The van der Waals surface area contributed by atoms with Crippen LogP contribution in [0.3, 0.4) is 0 Å². The number of aromatic nitrogens is 3. The number of carbonyl (C=O) groups excluding carboxylic acids is 1. The summed E-state index contributed by atoms with van der Waals surface area (Å²) in [6, 6.07) is 10.6. The highest BCUT2D eigenvalue weighted by molar-refractivity contribution is 7.90. The minimum atomic E-state index is -4.25. The first-order valence-electron chi connectivity index (χ1n) is 13.5. The molecule has 2 N–H and O–H groups in total. The lowest BCUT2D eigenvalue weighted by Gasteiger charge is -2.25. The van der Waals surface area contributed by atoms with E-state index in [9.17, 15) is 26.4 Å². The molecule has 9 nitrogen and oxygen atoms in total. The molecule has 226 valence electrons. The van der Waals surface area contributed by atoms with E-state index in [0.29, 0.717) is 12.3 Å². The predicted molar refractivity (Wildman–Crippen MR) is 149 cm³/mol. The first kappa shape index (κ1) is 30.3. The number of alkyl halides is 3. The molecule has 1 unspecified atom stereocenters. The van der Waals surface area contributed by atoms with Crippen molar-refractivity contribution in [1.82, 2.24) is 24.8 Å². The van der Waals surface area contributed by atoms with Gasteiger partial charge in [-0.1, -0.05) is 30.7 Å². The monoisotopic (exact) mass is 625 g/mol. The summed E-state index contributed by atoms with van der Waals surface area (Å²) in [5, 5.41) is 7.38. The standard InChI is InChI=1S/C28H31ClF3N5O4S/c1-18-15-26(2,33-17-18)16-19-4-3-5-20(14-19)42(39,40)36-25(38)21-6-7-22(34-24(21)29)37-12-8-23(35-37)41-13-11-27(9-10-27)28(30,31)32/h3-8,12,14,18,33H,9-11,13,15-17H2,1-2H3,(H,36,38)/t18-,26?/m0/s1. The van der Waals surface area contributed by atoms with Crippen molar-refractivity contribution < 1.29 is 31.1 Å². The van der Waals surface area contributed by atoms with Gasteiger partial charge < -0.3 is 10.1 Å². The molecule has 1 saturated carbocycles. The molecule has 14 heteroatoms. The molecule has 1 amide bonds. The Morgan fingerprint density at radius 3 is 2.64 bits per heavy atom. The van der Waals surface area contributed by atoms with Crippen molar-refractivity contribution in [3.8, 4) is 11.7 Å². The normalized spacial score (nSPS) is 21.7. The zero-order chi connectivity index (χ0) is 30.3. The predicted octanol–water partition coefficient (Wildman–Crippen LogP) is 5.08. The third kappa shape index (κ3) is 6.57. The Labute approximate surface area is 246 Å². The SMILES string of the molecule is C[C@@H]1CNC(C)(Cc2cccc(S(=O)(=O)NC(=O)c3ccc(-n4ccc(OCCC5(C(F)(F)F)CC5)n4)nc3Cl)c2)C1. The van der Waals surface area contributed by atoms with Crippen LogP contribution in [0.4, 0.5) is 13.2 Å². The van der Waals surface area contributed by atoms with Crippen LogP contribution in [0.15, 0.2) is 53.6 Å². The van der Waals surface area contributed by atoms with E-state index in [1.165, 1.54) is 35.1 Å². The summed E-state index contributed by atoms with van der Waals surface area (Å²) >= 11 is 6.23. The molecule has 0 spiro atoms. The summed E-state index contributed by atoms with van der Waals surface area (Å²) in [6.45, 7) is 5.03. The van der Waals surface area contributed by atoms with Gasteiger partial charge in [0, 0.05) is 17.8 Å². The fourth-order valence-corrected chi connectivity index (χ4v) is 6.66. The Morgan fingerprint density at radius 1 is 1.24 bits per heavy atom.